The van der Waals surface area contributed by atoms with Gasteiger partial charge in [-0.3, -0.25) is 0 Å². The number of benzene rings is 6. The molecule has 3 aliphatic heterocycles. The average Bonchev–Trinajstić information content (AvgIpc) is 3.76. The van der Waals surface area contributed by atoms with E-state index in [9.17, 15) is 1.37 Å². The van der Waals surface area contributed by atoms with Gasteiger partial charge in [-0.05, 0) is 141 Å². The molecule has 0 saturated carbocycles. The molecular formula is C61H63N3O+2. The summed E-state index contributed by atoms with van der Waals surface area (Å²) in [6.07, 6.45) is 2.29. The minimum Gasteiger partial charge on any atom is -0.392 e. The quantitative estimate of drug-likeness (QED) is 0.146. The number of aryl methyl sites for hydroxylation is 2. The smallest absolute Gasteiger partial charge is 0.392 e. The van der Waals surface area contributed by atoms with Crippen molar-refractivity contribution in [3.63, 3.8) is 0 Å². The van der Waals surface area contributed by atoms with Gasteiger partial charge in [0.25, 0.3) is 0 Å². The Morgan fingerprint density at radius 2 is 1.32 bits per heavy atom. The lowest BCUT2D eigenvalue weighted by molar-refractivity contribution is -0.997. The van der Waals surface area contributed by atoms with E-state index in [4.69, 9.17) is 4.74 Å². The molecular weight excluding hydrogens is 791 g/mol. The van der Waals surface area contributed by atoms with Crippen molar-refractivity contribution in [3.8, 4) is 67.5 Å². The number of hydrogen-bond donors (Lipinski definition) is 0. The Bertz CT molecular complexity index is 3350. The lowest BCUT2D eigenvalue weighted by Crippen LogP contribution is -2.78. The lowest BCUT2D eigenvalue weighted by Gasteiger charge is -2.34. The Kier molecular flexibility index (Phi) is 8.90. The van der Waals surface area contributed by atoms with Crippen LogP contribution in [0, 0.1) is 13.8 Å². The molecule has 0 radical (unpaired) electrons. The van der Waals surface area contributed by atoms with E-state index in [1.165, 1.54) is 77.8 Å². The summed E-state index contributed by atoms with van der Waals surface area (Å²) in [6, 6.07) is 43.8. The number of hydrogen-bond acceptors (Lipinski definition) is 1. The second-order valence-corrected chi connectivity index (χ2v) is 21.3. The SMILES string of the molecule is [2H]C(C)(C)c1cccc(C(C)C)c1-c1ccc(-n2c3[n+]4c5c(cccc52)-c2cc(C(C)(C)C)cc5c2C4(Oc2c-3cc(C(C)C)cc2C(C)C)[n+]2ccc(-c3ccc(C)cc3)cc2-5)c(C)c1. The zero-order chi connectivity index (χ0) is 46.5. The van der Waals surface area contributed by atoms with Crippen LogP contribution in [0.3, 0.4) is 0 Å². The van der Waals surface area contributed by atoms with Crippen LogP contribution in [0.25, 0.3) is 72.7 Å². The molecule has 1 atom stereocenters. The van der Waals surface area contributed by atoms with Gasteiger partial charge in [0, 0.05) is 24.6 Å². The molecule has 65 heavy (non-hydrogen) atoms. The fourth-order valence-corrected chi connectivity index (χ4v) is 11.2. The number of ether oxygens (including phenoxy) is 1. The van der Waals surface area contributed by atoms with Gasteiger partial charge < -0.3 is 4.74 Å². The van der Waals surface area contributed by atoms with Crippen molar-refractivity contribution in [2.45, 2.75) is 125 Å². The number of para-hydroxylation sites is 1. The van der Waals surface area contributed by atoms with Crippen molar-refractivity contribution in [2.24, 2.45) is 0 Å². The molecule has 4 nitrogen and oxygen atoms in total. The first-order chi connectivity index (χ1) is 31.3. The van der Waals surface area contributed by atoms with Crippen LogP contribution in [0.4, 0.5) is 0 Å². The molecule has 1 unspecified atom stereocenters. The summed E-state index contributed by atoms with van der Waals surface area (Å²) in [5.74, 6) is 1.10. The lowest BCUT2D eigenvalue weighted by atomic mass is 9.80. The summed E-state index contributed by atoms with van der Waals surface area (Å²) in [7, 11) is 0. The fraction of sp³-hybridized carbons (Fsp3) is 0.311. The Morgan fingerprint density at radius 1 is 0.631 bits per heavy atom. The van der Waals surface area contributed by atoms with Crippen LogP contribution in [-0.2, 0) is 11.3 Å². The van der Waals surface area contributed by atoms with Gasteiger partial charge in [-0.15, -0.1) is 9.13 Å². The van der Waals surface area contributed by atoms with Gasteiger partial charge in [0.05, 0.1) is 5.56 Å². The van der Waals surface area contributed by atoms with Gasteiger partial charge in [-0.25, -0.2) is 0 Å². The van der Waals surface area contributed by atoms with E-state index in [-0.39, 0.29) is 11.3 Å². The molecule has 0 N–H and O–H groups in total. The normalized spacial score (nSPS) is 16.0. The van der Waals surface area contributed by atoms with Crippen molar-refractivity contribution in [1.29, 1.82) is 0 Å². The molecule has 3 aliphatic rings. The molecule has 8 aromatic rings. The van der Waals surface area contributed by atoms with E-state index < -0.39 is 11.7 Å². The Hall–Kier alpha value is -6.26. The van der Waals surface area contributed by atoms with Crippen molar-refractivity contribution >= 4 is 11.0 Å². The zero-order valence-corrected chi connectivity index (χ0v) is 40.5. The third-order valence-electron chi connectivity index (χ3n) is 14.7. The molecule has 1 spiro atoms. The van der Waals surface area contributed by atoms with Crippen molar-refractivity contribution in [2.75, 3.05) is 0 Å². The van der Waals surface area contributed by atoms with E-state index in [1.54, 1.807) is 0 Å². The van der Waals surface area contributed by atoms with Crippen molar-refractivity contribution in [1.82, 2.24) is 4.57 Å². The summed E-state index contributed by atoms with van der Waals surface area (Å²) >= 11 is 0. The first-order valence-electron chi connectivity index (χ1n) is 24.3. The zero-order valence-electron chi connectivity index (χ0n) is 41.5. The largest absolute Gasteiger partial charge is 0.499 e. The second-order valence-electron chi connectivity index (χ2n) is 21.3. The number of fused-ring (bicyclic) bond motifs is 5. The standard InChI is InChI=1S/C61H63N3O/c1-34(2)43-29-48(37(7)8)58-51(30-43)59-63(52-25-24-42(28-39(52)10)55-45(35(3)4)16-14-17-46(55)36(5)6)53-19-15-18-47-49-32-44(60(11,12)13)33-50-54-31-41(40-22-20-38(9)21-23-40)26-27-62(54)61(65-58,56(49)50)64(59)57(47)53/h14-37H,1-13H3/q+2/i35D. The molecule has 4 heteroatoms. The fourth-order valence-electron chi connectivity index (χ4n) is 11.2. The van der Waals surface area contributed by atoms with Crippen LogP contribution < -0.4 is 13.9 Å². The number of nitrogens with zero attached hydrogens (tertiary/aromatic N) is 3. The highest BCUT2D eigenvalue weighted by Crippen LogP contribution is 2.56. The highest BCUT2D eigenvalue weighted by atomic mass is 16.5. The van der Waals surface area contributed by atoms with Crippen LogP contribution in [-0.4, -0.2) is 4.57 Å². The molecule has 0 amide bonds. The Balaban J connectivity index is 1.29. The maximum absolute atomic E-state index is 9.25. The van der Waals surface area contributed by atoms with Crippen LogP contribution >= 0.6 is 0 Å². The van der Waals surface area contributed by atoms with Crippen LogP contribution in [0.1, 0.15) is 146 Å². The van der Waals surface area contributed by atoms with Crippen molar-refractivity contribution < 1.29 is 15.2 Å². The third-order valence-corrected chi connectivity index (χ3v) is 14.7. The summed E-state index contributed by atoms with van der Waals surface area (Å²) in [5.41, 5.74) is 23.8. The predicted molar refractivity (Wildman–Crippen MR) is 268 cm³/mol. The number of rotatable bonds is 7. The van der Waals surface area contributed by atoms with Gasteiger partial charge in [0.1, 0.15) is 16.8 Å². The first-order valence-corrected chi connectivity index (χ1v) is 23.8. The summed E-state index contributed by atoms with van der Waals surface area (Å²) < 4.78 is 24.9. The molecule has 6 aromatic carbocycles. The van der Waals surface area contributed by atoms with Gasteiger partial charge in [0.2, 0.25) is 5.69 Å². The van der Waals surface area contributed by atoms with Crippen LogP contribution in [0.5, 0.6) is 5.75 Å². The second kappa shape index (κ2) is 14.4. The van der Waals surface area contributed by atoms with Crippen LogP contribution in [0.15, 0.2) is 121 Å². The van der Waals surface area contributed by atoms with E-state index >= 15 is 0 Å². The summed E-state index contributed by atoms with van der Waals surface area (Å²) in [4.78, 5) is 0. The average molecular weight is 855 g/mol. The van der Waals surface area contributed by atoms with Gasteiger partial charge in [-0.2, -0.15) is 4.57 Å². The molecule has 11 rings (SSSR count). The first kappa shape index (κ1) is 40.3. The summed E-state index contributed by atoms with van der Waals surface area (Å²) in [6.45, 7) is 29.2. The Morgan fingerprint density at radius 3 is 2.00 bits per heavy atom. The molecule has 0 bridgehead atoms. The van der Waals surface area contributed by atoms with E-state index in [0.29, 0.717) is 11.8 Å². The van der Waals surface area contributed by atoms with Gasteiger partial charge >= 0.3 is 11.7 Å². The highest BCUT2D eigenvalue weighted by molar-refractivity contribution is 5.98. The maximum Gasteiger partial charge on any atom is 0.499 e. The minimum atomic E-state index is -1.05. The van der Waals surface area contributed by atoms with Crippen molar-refractivity contribution in [3.05, 3.63) is 166 Å². The molecule has 326 valence electrons. The number of aromatic nitrogens is 3. The van der Waals surface area contributed by atoms with Gasteiger partial charge in [-0.1, -0.05) is 142 Å². The van der Waals surface area contributed by atoms with Crippen LogP contribution in [0.2, 0.25) is 0 Å². The monoisotopic (exact) mass is 855 g/mol. The predicted octanol–water partition coefficient (Wildman–Crippen LogP) is 15.2. The summed E-state index contributed by atoms with van der Waals surface area (Å²) in [5, 5.41) is 0. The maximum atomic E-state index is 9.25. The highest BCUT2D eigenvalue weighted by Gasteiger charge is 2.69. The van der Waals surface area contributed by atoms with Gasteiger partial charge in [0.15, 0.2) is 23.0 Å². The Labute approximate surface area is 387 Å². The topological polar surface area (TPSA) is 21.9 Å². The molecule has 5 heterocycles. The van der Waals surface area contributed by atoms with E-state index in [1.807, 2.05) is 13.8 Å². The van der Waals surface area contributed by atoms with E-state index in [0.717, 1.165) is 45.2 Å². The molecule has 2 aromatic heterocycles. The molecule has 0 aliphatic carbocycles. The third kappa shape index (κ3) is 5.88. The molecule has 0 fully saturated rings. The van der Waals surface area contributed by atoms with E-state index in [2.05, 4.69) is 211 Å². The number of pyridine rings is 1. The molecule has 0 saturated heterocycles. The minimum absolute atomic E-state index is 0.0980. The number of imidazole rings is 1.